The number of nitrogens with two attached hydrogens (primary N) is 2. The van der Waals surface area contributed by atoms with Crippen molar-refractivity contribution >= 4 is 17.9 Å². The van der Waals surface area contributed by atoms with E-state index in [-0.39, 0.29) is 0 Å². The summed E-state index contributed by atoms with van der Waals surface area (Å²) in [6.07, 6.45) is 0.140. The van der Waals surface area contributed by atoms with Crippen molar-refractivity contribution in [1.29, 1.82) is 0 Å². The third-order valence-electron chi connectivity index (χ3n) is 1.68. The number of carbonyl (C=O) groups excluding carboxylic acids is 2. The van der Waals surface area contributed by atoms with Crippen LogP contribution >= 0.6 is 0 Å². The van der Waals surface area contributed by atoms with Gasteiger partial charge in [-0.1, -0.05) is 0 Å². The quantitative estimate of drug-likeness (QED) is 0.321. The fraction of sp³-hybridized carbons (Fsp3) is 0.625. The van der Waals surface area contributed by atoms with Gasteiger partial charge in [-0.3, -0.25) is 4.79 Å². The van der Waals surface area contributed by atoms with Crippen LogP contribution in [-0.2, 0) is 9.59 Å². The lowest BCUT2D eigenvalue weighted by Gasteiger charge is -2.13. The maximum absolute atomic E-state index is 11.1. The molecular weight excluding hydrogens is 216 g/mol. The molecule has 8 heteroatoms. The van der Waals surface area contributed by atoms with Gasteiger partial charge >= 0.3 is 12.0 Å². The Morgan fingerprint density at radius 3 is 2.38 bits per heavy atom. The van der Waals surface area contributed by atoms with E-state index < -0.39 is 30.4 Å². The second-order valence-corrected chi connectivity index (χ2v) is 3.10. The predicted octanol–water partition coefficient (Wildman–Crippen LogP) is -2.04. The van der Waals surface area contributed by atoms with Crippen molar-refractivity contribution in [2.75, 3.05) is 13.1 Å². The zero-order valence-electron chi connectivity index (χ0n) is 8.73. The molecule has 0 aromatic rings. The first-order chi connectivity index (χ1) is 7.47. The highest BCUT2D eigenvalue weighted by Gasteiger charge is 2.21. The second-order valence-electron chi connectivity index (χ2n) is 3.10. The molecule has 1 atom stereocenters. The lowest BCUT2D eigenvalue weighted by Crippen LogP contribution is -2.47. The second kappa shape index (κ2) is 7.46. The number of hydrogen-bond donors (Lipinski definition) is 5. The molecular formula is C8H16N4O4. The summed E-state index contributed by atoms with van der Waals surface area (Å²) in [5.74, 6) is -2.11. The average molecular weight is 232 g/mol. The number of carboxylic acids is 1. The number of aliphatic carboxylic acids is 1. The molecule has 92 valence electrons. The van der Waals surface area contributed by atoms with Crippen molar-refractivity contribution in [3.63, 3.8) is 0 Å². The molecule has 0 saturated heterocycles. The van der Waals surface area contributed by atoms with E-state index in [4.69, 9.17) is 16.6 Å². The highest BCUT2D eigenvalue weighted by Crippen LogP contribution is 1.91. The van der Waals surface area contributed by atoms with E-state index in [0.29, 0.717) is 19.5 Å². The van der Waals surface area contributed by atoms with Gasteiger partial charge in [0.25, 0.3) is 0 Å². The first kappa shape index (κ1) is 14.2. The van der Waals surface area contributed by atoms with Crippen LogP contribution in [0.3, 0.4) is 0 Å². The van der Waals surface area contributed by atoms with E-state index in [1.807, 2.05) is 0 Å². The largest absolute Gasteiger partial charge is 0.480 e. The highest BCUT2D eigenvalue weighted by atomic mass is 16.4. The third-order valence-corrected chi connectivity index (χ3v) is 1.68. The van der Waals surface area contributed by atoms with Crippen LogP contribution in [0, 0.1) is 0 Å². The van der Waals surface area contributed by atoms with Gasteiger partial charge in [-0.2, -0.15) is 0 Å². The SMILES string of the molecule is NCCCNC(=O)N[C@H](CC(N)=O)C(=O)O. The molecule has 0 aliphatic carbocycles. The van der Waals surface area contributed by atoms with Gasteiger partial charge < -0.3 is 27.2 Å². The third kappa shape index (κ3) is 6.60. The lowest BCUT2D eigenvalue weighted by molar-refractivity contribution is -0.140. The van der Waals surface area contributed by atoms with Crippen LogP contribution in [0.25, 0.3) is 0 Å². The molecule has 0 spiro atoms. The summed E-state index contributed by atoms with van der Waals surface area (Å²) in [4.78, 5) is 32.3. The fourth-order valence-electron chi connectivity index (χ4n) is 0.915. The summed E-state index contributed by atoms with van der Waals surface area (Å²) in [5.41, 5.74) is 10.0. The minimum Gasteiger partial charge on any atom is -0.480 e. The van der Waals surface area contributed by atoms with Crippen LogP contribution in [0.15, 0.2) is 0 Å². The number of nitrogens with one attached hydrogen (secondary N) is 2. The zero-order chi connectivity index (χ0) is 12.6. The molecule has 7 N–H and O–H groups in total. The number of rotatable bonds is 7. The van der Waals surface area contributed by atoms with Crippen molar-refractivity contribution in [2.45, 2.75) is 18.9 Å². The first-order valence-corrected chi connectivity index (χ1v) is 4.73. The Labute approximate surface area is 92.4 Å². The van der Waals surface area contributed by atoms with Crippen LogP contribution in [0.1, 0.15) is 12.8 Å². The van der Waals surface area contributed by atoms with Gasteiger partial charge in [-0.15, -0.1) is 0 Å². The van der Waals surface area contributed by atoms with Crippen LogP contribution < -0.4 is 22.1 Å². The lowest BCUT2D eigenvalue weighted by atomic mass is 10.2. The Bertz CT molecular complexity index is 269. The van der Waals surface area contributed by atoms with Gasteiger partial charge in [0.05, 0.1) is 6.42 Å². The van der Waals surface area contributed by atoms with Crippen LogP contribution in [0.5, 0.6) is 0 Å². The molecule has 0 heterocycles. The van der Waals surface area contributed by atoms with Crippen molar-refractivity contribution in [1.82, 2.24) is 10.6 Å². The van der Waals surface area contributed by atoms with Gasteiger partial charge in [0, 0.05) is 6.54 Å². The molecule has 0 aliphatic rings. The van der Waals surface area contributed by atoms with E-state index in [9.17, 15) is 14.4 Å². The Morgan fingerprint density at radius 1 is 1.31 bits per heavy atom. The molecule has 0 saturated carbocycles. The van der Waals surface area contributed by atoms with Crippen molar-refractivity contribution in [2.24, 2.45) is 11.5 Å². The monoisotopic (exact) mass is 232 g/mol. The number of amides is 3. The number of carboxylic acid groups (broad SMARTS) is 1. The Balaban J connectivity index is 4.03. The predicted molar refractivity (Wildman–Crippen MR) is 55.4 cm³/mol. The topological polar surface area (TPSA) is 148 Å². The van der Waals surface area contributed by atoms with E-state index in [1.165, 1.54) is 0 Å². The molecule has 0 unspecified atom stereocenters. The standard InChI is InChI=1S/C8H16N4O4/c9-2-1-3-11-8(16)12-5(7(14)15)4-6(10)13/h5H,1-4,9H2,(H2,10,13)(H,14,15)(H2,11,12,16)/t5-/m1/s1. The summed E-state index contributed by atoms with van der Waals surface area (Å²) in [5, 5.41) is 13.2. The molecule has 8 nitrogen and oxygen atoms in total. The van der Waals surface area contributed by atoms with Crippen molar-refractivity contribution in [3.05, 3.63) is 0 Å². The maximum Gasteiger partial charge on any atom is 0.326 e. The van der Waals surface area contributed by atoms with E-state index in [1.54, 1.807) is 0 Å². The van der Waals surface area contributed by atoms with E-state index in [2.05, 4.69) is 10.6 Å². The summed E-state index contributed by atoms with van der Waals surface area (Å²) in [6.45, 7) is 0.759. The number of primary amides is 1. The van der Waals surface area contributed by atoms with Crippen LogP contribution in [-0.4, -0.2) is 42.1 Å². The van der Waals surface area contributed by atoms with Gasteiger partial charge in [-0.25, -0.2) is 9.59 Å². The molecule has 0 aromatic heterocycles. The molecule has 0 bridgehead atoms. The molecule has 3 amide bonds. The zero-order valence-corrected chi connectivity index (χ0v) is 8.73. The normalized spacial score (nSPS) is 11.6. The minimum atomic E-state index is -1.31. The minimum absolute atomic E-state index is 0.339. The Hall–Kier alpha value is -1.83. The molecule has 0 aromatic carbocycles. The highest BCUT2D eigenvalue weighted by molar-refractivity contribution is 5.87. The van der Waals surface area contributed by atoms with Crippen LogP contribution in [0.4, 0.5) is 4.79 Å². The Morgan fingerprint density at radius 2 is 1.94 bits per heavy atom. The number of hydrogen-bond acceptors (Lipinski definition) is 4. The number of urea groups is 1. The van der Waals surface area contributed by atoms with Crippen LogP contribution in [0.2, 0.25) is 0 Å². The summed E-state index contributed by atoms with van der Waals surface area (Å²) in [6, 6.07) is -1.97. The molecule has 16 heavy (non-hydrogen) atoms. The summed E-state index contributed by atoms with van der Waals surface area (Å²) >= 11 is 0. The van der Waals surface area contributed by atoms with Gasteiger partial charge in [0.1, 0.15) is 6.04 Å². The molecule has 0 rings (SSSR count). The van der Waals surface area contributed by atoms with Gasteiger partial charge in [0.15, 0.2) is 0 Å². The summed E-state index contributed by atoms with van der Waals surface area (Å²) < 4.78 is 0. The molecule has 0 aliphatic heterocycles. The summed E-state index contributed by atoms with van der Waals surface area (Å²) in [7, 11) is 0. The molecule has 0 radical (unpaired) electrons. The van der Waals surface area contributed by atoms with E-state index >= 15 is 0 Å². The maximum atomic E-state index is 11.1. The fourth-order valence-corrected chi connectivity index (χ4v) is 0.915. The van der Waals surface area contributed by atoms with Gasteiger partial charge in [0.2, 0.25) is 5.91 Å². The Kier molecular flexibility index (Phi) is 6.61. The molecule has 0 fully saturated rings. The average Bonchev–Trinajstić information content (AvgIpc) is 2.16. The van der Waals surface area contributed by atoms with Crippen molar-refractivity contribution < 1.29 is 19.5 Å². The van der Waals surface area contributed by atoms with E-state index in [0.717, 1.165) is 0 Å². The first-order valence-electron chi connectivity index (χ1n) is 4.73. The van der Waals surface area contributed by atoms with Crippen molar-refractivity contribution in [3.8, 4) is 0 Å². The van der Waals surface area contributed by atoms with Gasteiger partial charge in [-0.05, 0) is 13.0 Å². The number of carbonyl (C=O) groups is 3. The smallest absolute Gasteiger partial charge is 0.326 e.